The van der Waals surface area contributed by atoms with Crippen LogP contribution >= 0.6 is 0 Å². The van der Waals surface area contributed by atoms with Gasteiger partial charge >= 0.3 is 0 Å². The number of ether oxygens (including phenoxy) is 1. The minimum atomic E-state index is -1.32. The van der Waals surface area contributed by atoms with Gasteiger partial charge in [0.15, 0.2) is 11.6 Å². The molecule has 1 unspecified atom stereocenters. The van der Waals surface area contributed by atoms with E-state index < -0.39 is 27.8 Å². The van der Waals surface area contributed by atoms with E-state index in [1.54, 1.807) is 12.1 Å². The van der Waals surface area contributed by atoms with Gasteiger partial charge in [-0.1, -0.05) is 149 Å². The summed E-state index contributed by atoms with van der Waals surface area (Å²) in [5, 5.41) is 0. The standard InChI is InChI=1S/C43H72F2OSi2/c1-12-15-33-16-18-34(19-17-33)35-20-22-36(23-21-35)38-24-25-39(41(45)40(38)44)46-27-13-14-28-47(8,9)30-31-48(10,11)29-26-37(43(5,6)7)32-42(2,3)4/h20-25,33-34,37H,12-19,26-32H2,1-11H3. The van der Waals surface area contributed by atoms with Crippen molar-refractivity contribution in [3.05, 3.63) is 53.6 Å². The predicted octanol–water partition coefficient (Wildman–Crippen LogP) is 14.8. The Kier molecular flexibility index (Phi) is 15.1. The van der Waals surface area contributed by atoms with Crippen molar-refractivity contribution in [1.82, 2.24) is 0 Å². The summed E-state index contributed by atoms with van der Waals surface area (Å²) in [6, 6.07) is 16.9. The average Bonchev–Trinajstić information content (AvgIpc) is 3.00. The molecule has 2 aromatic carbocycles. The normalized spacial score (nSPS) is 18.6. The highest BCUT2D eigenvalue weighted by Gasteiger charge is 2.33. The Hall–Kier alpha value is -1.47. The third kappa shape index (κ3) is 13.3. The van der Waals surface area contributed by atoms with Crippen LogP contribution in [0.2, 0.25) is 50.4 Å². The predicted molar refractivity (Wildman–Crippen MR) is 212 cm³/mol. The van der Waals surface area contributed by atoms with Crippen LogP contribution in [0.3, 0.4) is 0 Å². The van der Waals surface area contributed by atoms with E-state index in [1.165, 1.54) is 81.1 Å². The van der Waals surface area contributed by atoms with Crippen molar-refractivity contribution in [2.24, 2.45) is 22.7 Å². The van der Waals surface area contributed by atoms with Gasteiger partial charge in [0.1, 0.15) is 0 Å². The third-order valence-corrected chi connectivity index (χ3v) is 18.6. The molecule has 0 aliphatic heterocycles. The van der Waals surface area contributed by atoms with Gasteiger partial charge in [0.25, 0.3) is 0 Å². The number of hydrogen-bond acceptors (Lipinski definition) is 1. The van der Waals surface area contributed by atoms with E-state index in [4.69, 9.17) is 4.74 Å². The molecule has 0 heterocycles. The monoisotopic (exact) mass is 699 g/mol. The van der Waals surface area contributed by atoms with Crippen LogP contribution in [-0.2, 0) is 0 Å². The van der Waals surface area contributed by atoms with Crippen molar-refractivity contribution in [1.29, 1.82) is 0 Å². The van der Waals surface area contributed by atoms with Gasteiger partial charge in [-0.2, -0.15) is 4.39 Å². The molecule has 0 bridgehead atoms. The van der Waals surface area contributed by atoms with Gasteiger partial charge in [-0.05, 0) is 90.4 Å². The summed E-state index contributed by atoms with van der Waals surface area (Å²) in [5.41, 5.74) is 3.10. The highest BCUT2D eigenvalue weighted by atomic mass is 28.3. The molecule has 3 rings (SSSR count). The zero-order chi connectivity index (χ0) is 35.8. The maximum Gasteiger partial charge on any atom is 0.201 e. The van der Waals surface area contributed by atoms with E-state index in [-0.39, 0.29) is 5.75 Å². The van der Waals surface area contributed by atoms with Gasteiger partial charge < -0.3 is 4.74 Å². The van der Waals surface area contributed by atoms with E-state index in [9.17, 15) is 0 Å². The van der Waals surface area contributed by atoms with Crippen LogP contribution < -0.4 is 4.74 Å². The quantitative estimate of drug-likeness (QED) is 0.118. The molecular formula is C43H72F2OSi2. The molecule has 0 aromatic heterocycles. The van der Waals surface area contributed by atoms with Crippen molar-refractivity contribution < 1.29 is 13.5 Å². The maximum absolute atomic E-state index is 15.2. The topological polar surface area (TPSA) is 9.23 Å². The lowest BCUT2D eigenvalue weighted by atomic mass is 9.71. The van der Waals surface area contributed by atoms with Crippen LogP contribution in [0.5, 0.6) is 5.75 Å². The van der Waals surface area contributed by atoms with Crippen LogP contribution in [-0.4, -0.2) is 22.8 Å². The van der Waals surface area contributed by atoms with Crippen molar-refractivity contribution in [3.8, 4) is 16.9 Å². The van der Waals surface area contributed by atoms with E-state index in [0.717, 1.165) is 30.2 Å². The molecule has 0 amide bonds. The van der Waals surface area contributed by atoms with Gasteiger partial charge in [0.2, 0.25) is 5.82 Å². The van der Waals surface area contributed by atoms with Crippen LogP contribution in [0.25, 0.3) is 11.1 Å². The first-order valence-electron chi connectivity index (χ1n) is 19.5. The summed E-state index contributed by atoms with van der Waals surface area (Å²) in [6.07, 6.45) is 12.3. The van der Waals surface area contributed by atoms with Crippen molar-refractivity contribution in [2.45, 2.75) is 169 Å². The zero-order valence-electron chi connectivity index (χ0n) is 33.0. The Balaban J connectivity index is 1.43. The highest BCUT2D eigenvalue weighted by Crippen LogP contribution is 2.41. The fraction of sp³-hybridized carbons (Fsp3) is 0.721. The van der Waals surface area contributed by atoms with Crippen LogP contribution in [0.4, 0.5) is 8.78 Å². The molecule has 1 aliphatic carbocycles. The molecule has 0 radical (unpaired) electrons. The number of hydrogen-bond donors (Lipinski definition) is 0. The largest absolute Gasteiger partial charge is 0.490 e. The summed E-state index contributed by atoms with van der Waals surface area (Å²) in [7, 11) is -2.57. The van der Waals surface area contributed by atoms with Crippen molar-refractivity contribution >= 4 is 16.1 Å². The van der Waals surface area contributed by atoms with Crippen molar-refractivity contribution in [2.75, 3.05) is 6.61 Å². The Morgan fingerprint density at radius 3 is 1.92 bits per heavy atom. The summed E-state index contributed by atoms with van der Waals surface area (Å²) in [4.78, 5) is 0. The Bertz CT molecular complexity index is 1250. The first kappa shape index (κ1) is 41.0. The number of benzene rings is 2. The fourth-order valence-corrected chi connectivity index (χ4v) is 16.2. The van der Waals surface area contributed by atoms with Gasteiger partial charge in [-0.3, -0.25) is 0 Å². The molecule has 48 heavy (non-hydrogen) atoms. The number of unbranched alkanes of at least 4 members (excludes halogenated alkanes) is 1. The molecule has 0 spiro atoms. The van der Waals surface area contributed by atoms with Gasteiger partial charge in [-0.25, -0.2) is 4.39 Å². The molecular weight excluding hydrogens is 627 g/mol. The van der Waals surface area contributed by atoms with Gasteiger partial charge in [0.05, 0.1) is 6.61 Å². The number of rotatable bonds is 17. The third-order valence-electron chi connectivity index (χ3n) is 11.5. The summed E-state index contributed by atoms with van der Waals surface area (Å²) in [5.74, 6) is 0.584. The minimum absolute atomic E-state index is 0.0287. The molecule has 2 aromatic rings. The summed E-state index contributed by atoms with van der Waals surface area (Å²) in [6.45, 7) is 27.4. The first-order valence-corrected chi connectivity index (χ1v) is 26.3. The molecule has 0 N–H and O–H groups in total. The van der Waals surface area contributed by atoms with Crippen molar-refractivity contribution in [3.63, 3.8) is 0 Å². The molecule has 1 fully saturated rings. The lowest BCUT2D eigenvalue weighted by Gasteiger charge is -2.38. The Morgan fingerprint density at radius 1 is 0.750 bits per heavy atom. The van der Waals surface area contributed by atoms with Gasteiger partial charge in [0, 0.05) is 21.7 Å². The van der Waals surface area contributed by atoms with E-state index >= 15 is 8.78 Å². The SMILES string of the molecule is CCCC1CCC(c2ccc(-c3ccc(OCCCC[Si](C)(C)CC[Si](C)(C)CCC(CC(C)(C)C)C(C)(C)C)c(F)c3F)cc2)CC1. The minimum Gasteiger partial charge on any atom is -0.490 e. The highest BCUT2D eigenvalue weighted by molar-refractivity contribution is 6.82. The van der Waals surface area contributed by atoms with Crippen LogP contribution in [0.15, 0.2) is 36.4 Å². The smallest absolute Gasteiger partial charge is 0.201 e. The second-order valence-electron chi connectivity index (χ2n) is 19.4. The fourth-order valence-electron chi connectivity index (χ4n) is 7.95. The molecule has 0 saturated heterocycles. The summed E-state index contributed by atoms with van der Waals surface area (Å²) < 4.78 is 36.1. The molecule has 272 valence electrons. The van der Waals surface area contributed by atoms with E-state index in [0.29, 0.717) is 28.9 Å². The number of halogens is 2. The molecule has 1 nitrogen and oxygen atoms in total. The maximum atomic E-state index is 15.2. The Labute approximate surface area is 297 Å². The van der Waals surface area contributed by atoms with Crippen LogP contribution in [0, 0.1) is 34.3 Å². The zero-order valence-corrected chi connectivity index (χ0v) is 35.0. The lowest BCUT2D eigenvalue weighted by Crippen LogP contribution is -2.34. The molecule has 1 atom stereocenters. The second-order valence-corrected chi connectivity index (χ2v) is 30.0. The summed E-state index contributed by atoms with van der Waals surface area (Å²) >= 11 is 0. The molecule has 1 aliphatic rings. The van der Waals surface area contributed by atoms with E-state index in [1.807, 2.05) is 12.1 Å². The first-order chi connectivity index (χ1) is 22.3. The van der Waals surface area contributed by atoms with Crippen LogP contribution in [0.1, 0.15) is 124 Å². The molecule has 1 saturated carbocycles. The Morgan fingerprint density at radius 2 is 1.35 bits per heavy atom. The lowest BCUT2D eigenvalue weighted by molar-refractivity contribution is 0.160. The second kappa shape index (κ2) is 17.6. The molecule has 5 heteroatoms. The van der Waals surface area contributed by atoms with Gasteiger partial charge in [-0.15, -0.1) is 0 Å². The van der Waals surface area contributed by atoms with E-state index in [2.05, 4.69) is 86.8 Å². The average molecular weight is 699 g/mol.